The number of hydrogen-bond donors (Lipinski definition) is 2. The molecule has 2 rings (SSSR count). The summed E-state index contributed by atoms with van der Waals surface area (Å²) in [5, 5.41) is 5.67. The van der Waals surface area contributed by atoms with E-state index in [0.717, 1.165) is 4.47 Å². The molecule has 0 bridgehead atoms. The summed E-state index contributed by atoms with van der Waals surface area (Å²) in [6.07, 6.45) is 1.42. The van der Waals surface area contributed by atoms with Gasteiger partial charge in [0.1, 0.15) is 0 Å². The van der Waals surface area contributed by atoms with Crippen LogP contribution in [0.1, 0.15) is 20.9 Å². The first-order valence-electron chi connectivity index (χ1n) is 6.13. The minimum Gasteiger partial charge on any atom is -0.459 e. The topological polar surface area (TPSA) is 71.3 Å². The van der Waals surface area contributed by atoms with Crippen LogP contribution < -0.4 is 10.6 Å². The molecule has 0 unspecified atom stereocenters. The maximum Gasteiger partial charge on any atom is 0.287 e. The minimum atomic E-state index is -0.323. The molecule has 1 heterocycles. The van der Waals surface area contributed by atoms with E-state index in [2.05, 4.69) is 26.6 Å². The van der Waals surface area contributed by atoms with Crippen LogP contribution in [0, 0.1) is 0 Å². The molecule has 0 fully saturated rings. The zero-order valence-electron chi connectivity index (χ0n) is 10.9. The standard InChI is InChI=1S/C14H12BrClN2O3/c15-9-3-4-10(11(16)8-9)13(19)17-5-6-18-14(20)12-2-1-7-21-12/h1-4,7-8H,5-6H2,(H,17,19)(H,18,20). The van der Waals surface area contributed by atoms with E-state index in [4.69, 9.17) is 16.0 Å². The molecule has 2 amide bonds. The van der Waals surface area contributed by atoms with Crippen molar-refractivity contribution in [3.05, 3.63) is 57.4 Å². The highest BCUT2D eigenvalue weighted by Crippen LogP contribution is 2.21. The lowest BCUT2D eigenvalue weighted by Gasteiger charge is -2.07. The molecular formula is C14H12BrClN2O3. The lowest BCUT2D eigenvalue weighted by molar-refractivity contribution is 0.0910. The molecule has 21 heavy (non-hydrogen) atoms. The first-order valence-corrected chi connectivity index (χ1v) is 7.30. The van der Waals surface area contributed by atoms with Crippen molar-refractivity contribution in [3.8, 4) is 0 Å². The van der Waals surface area contributed by atoms with Crippen LogP contribution in [0.5, 0.6) is 0 Å². The van der Waals surface area contributed by atoms with E-state index in [1.807, 2.05) is 0 Å². The molecule has 0 saturated heterocycles. The Bertz CT molecular complexity index is 644. The number of hydrogen-bond acceptors (Lipinski definition) is 3. The summed E-state index contributed by atoms with van der Waals surface area (Å²) in [5.41, 5.74) is 0.386. The molecule has 110 valence electrons. The predicted molar refractivity (Wildman–Crippen MR) is 82.5 cm³/mol. The minimum absolute atomic E-state index is 0.234. The largest absolute Gasteiger partial charge is 0.459 e. The van der Waals surface area contributed by atoms with Gasteiger partial charge in [-0.05, 0) is 30.3 Å². The van der Waals surface area contributed by atoms with Gasteiger partial charge in [0.2, 0.25) is 0 Å². The van der Waals surface area contributed by atoms with Crippen molar-refractivity contribution in [2.75, 3.05) is 13.1 Å². The zero-order valence-corrected chi connectivity index (χ0v) is 13.2. The summed E-state index contributed by atoms with van der Waals surface area (Å²) in [6, 6.07) is 8.21. The average molecular weight is 372 g/mol. The second-order valence-electron chi connectivity index (χ2n) is 4.11. The van der Waals surface area contributed by atoms with Crippen LogP contribution in [-0.4, -0.2) is 24.9 Å². The second-order valence-corrected chi connectivity index (χ2v) is 5.44. The average Bonchev–Trinajstić information content (AvgIpc) is 2.97. The lowest BCUT2D eigenvalue weighted by Crippen LogP contribution is -2.34. The van der Waals surface area contributed by atoms with Crippen LogP contribution in [0.15, 0.2) is 45.5 Å². The molecule has 1 aromatic carbocycles. The van der Waals surface area contributed by atoms with E-state index in [0.29, 0.717) is 17.1 Å². The fraction of sp³-hybridized carbons (Fsp3) is 0.143. The first-order chi connectivity index (χ1) is 10.1. The molecule has 2 aromatic rings. The summed E-state index contributed by atoms with van der Waals surface area (Å²) >= 11 is 9.25. The van der Waals surface area contributed by atoms with Gasteiger partial charge in [-0.15, -0.1) is 0 Å². The maximum atomic E-state index is 11.9. The predicted octanol–water partition coefficient (Wildman–Crippen LogP) is 2.86. The smallest absolute Gasteiger partial charge is 0.287 e. The molecule has 0 aliphatic heterocycles. The fourth-order valence-corrected chi connectivity index (χ4v) is 2.38. The monoisotopic (exact) mass is 370 g/mol. The molecule has 0 saturated carbocycles. The van der Waals surface area contributed by atoms with Crippen molar-refractivity contribution in [2.45, 2.75) is 0 Å². The number of halogens is 2. The second kappa shape index (κ2) is 7.28. The maximum absolute atomic E-state index is 11.9. The van der Waals surface area contributed by atoms with Gasteiger partial charge < -0.3 is 15.1 Å². The van der Waals surface area contributed by atoms with E-state index < -0.39 is 0 Å². The Morgan fingerprint density at radius 3 is 2.48 bits per heavy atom. The molecule has 5 nitrogen and oxygen atoms in total. The van der Waals surface area contributed by atoms with Gasteiger partial charge in [0, 0.05) is 17.6 Å². The molecular weight excluding hydrogens is 360 g/mol. The highest BCUT2D eigenvalue weighted by Gasteiger charge is 2.11. The highest BCUT2D eigenvalue weighted by atomic mass is 79.9. The van der Waals surface area contributed by atoms with Gasteiger partial charge in [-0.25, -0.2) is 0 Å². The Balaban J connectivity index is 1.78. The van der Waals surface area contributed by atoms with E-state index in [1.165, 1.54) is 6.26 Å². The number of nitrogens with one attached hydrogen (secondary N) is 2. The molecule has 0 atom stereocenters. The molecule has 0 aliphatic rings. The summed E-state index contributed by atoms with van der Waals surface area (Å²) in [7, 11) is 0. The quantitative estimate of drug-likeness (QED) is 0.794. The third-order valence-electron chi connectivity index (χ3n) is 2.62. The molecule has 0 spiro atoms. The first kappa shape index (κ1) is 15.6. The fourth-order valence-electron chi connectivity index (χ4n) is 1.62. The van der Waals surface area contributed by atoms with Crippen LogP contribution in [-0.2, 0) is 0 Å². The summed E-state index contributed by atoms with van der Waals surface area (Å²) in [4.78, 5) is 23.5. The van der Waals surface area contributed by atoms with E-state index >= 15 is 0 Å². The Labute approximate surface area is 134 Å². The molecule has 2 N–H and O–H groups in total. The molecule has 0 radical (unpaired) electrons. The third kappa shape index (κ3) is 4.34. The number of carbonyl (C=O) groups excluding carboxylic acids is 2. The third-order valence-corrected chi connectivity index (χ3v) is 3.42. The van der Waals surface area contributed by atoms with Crippen molar-refractivity contribution >= 4 is 39.3 Å². The highest BCUT2D eigenvalue weighted by molar-refractivity contribution is 9.10. The zero-order chi connectivity index (χ0) is 15.2. The van der Waals surface area contributed by atoms with Crippen molar-refractivity contribution < 1.29 is 14.0 Å². The number of benzene rings is 1. The van der Waals surface area contributed by atoms with Crippen LogP contribution >= 0.6 is 27.5 Å². The van der Waals surface area contributed by atoms with Gasteiger partial charge in [-0.3, -0.25) is 9.59 Å². The summed E-state index contributed by atoms with van der Waals surface area (Å²) in [5.74, 6) is -0.382. The Morgan fingerprint density at radius 2 is 1.86 bits per heavy atom. The van der Waals surface area contributed by atoms with Crippen LogP contribution in [0.4, 0.5) is 0 Å². The Hall–Kier alpha value is -1.79. The summed E-state index contributed by atoms with van der Waals surface area (Å²) < 4.78 is 5.75. The number of amides is 2. The van der Waals surface area contributed by atoms with Gasteiger partial charge in [-0.2, -0.15) is 0 Å². The summed E-state index contributed by atoms with van der Waals surface area (Å²) in [6.45, 7) is 0.580. The van der Waals surface area contributed by atoms with Crippen molar-refractivity contribution in [3.63, 3.8) is 0 Å². The molecule has 0 aliphatic carbocycles. The van der Waals surface area contributed by atoms with Crippen molar-refractivity contribution in [1.82, 2.24) is 10.6 Å². The number of furan rings is 1. The SMILES string of the molecule is O=C(NCCNC(=O)c1ccc(Br)cc1Cl)c1ccco1. The van der Waals surface area contributed by atoms with E-state index in [1.54, 1.807) is 30.3 Å². The van der Waals surface area contributed by atoms with Crippen LogP contribution in [0.25, 0.3) is 0 Å². The van der Waals surface area contributed by atoms with Gasteiger partial charge in [0.15, 0.2) is 5.76 Å². The van der Waals surface area contributed by atoms with Gasteiger partial charge in [0.25, 0.3) is 11.8 Å². The Morgan fingerprint density at radius 1 is 1.14 bits per heavy atom. The Kier molecular flexibility index (Phi) is 5.41. The lowest BCUT2D eigenvalue weighted by atomic mass is 10.2. The van der Waals surface area contributed by atoms with Crippen LogP contribution in [0.2, 0.25) is 5.02 Å². The van der Waals surface area contributed by atoms with E-state index in [9.17, 15) is 9.59 Å². The molecule has 1 aromatic heterocycles. The van der Waals surface area contributed by atoms with Gasteiger partial charge in [-0.1, -0.05) is 27.5 Å². The van der Waals surface area contributed by atoms with Crippen molar-refractivity contribution in [1.29, 1.82) is 0 Å². The number of rotatable bonds is 5. The normalized spacial score (nSPS) is 10.2. The van der Waals surface area contributed by atoms with Gasteiger partial charge >= 0.3 is 0 Å². The number of carbonyl (C=O) groups is 2. The van der Waals surface area contributed by atoms with E-state index in [-0.39, 0.29) is 24.1 Å². The molecule has 7 heteroatoms. The van der Waals surface area contributed by atoms with Crippen LogP contribution in [0.3, 0.4) is 0 Å². The van der Waals surface area contributed by atoms with Crippen molar-refractivity contribution in [2.24, 2.45) is 0 Å². The van der Waals surface area contributed by atoms with Gasteiger partial charge in [0.05, 0.1) is 16.8 Å².